The molecule has 144 valence electrons. The fourth-order valence-electron chi connectivity index (χ4n) is 2.93. The minimum Gasteiger partial charge on any atom is -0.354 e. The van der Waals surface area contributed by atoms with E-state index in [-0.39, 0.29) is 34.9 Å². The van der Waals surface area contributed by atoms with Crippen molar-refractivity contribution in [3.8, 4) is 0 Å². The number of carbonyl (C=O) groups is 2. The van der Waals surface area contributed by atoms with Gasteiger partial charge in [0.1, 0.15) is 0 Å². The van der Waals surface area contributed by atoms with Crippen molar-refractivity contribution in [2.75, 3.05) is 17.2 Å². The van der Waals surface area contributed by atoms with Gasteiger partial charge in [0.05, 0.1) is 16.3 Å². The molecule has 6 nitrogen and oxygen atoms in total. The predicted octanol–water partition coefficient (Wildman–Crippen LogP) is 2.83. The molecular weight excluding hydrogens is 420 g/mol. The van der Waals surface area contributed by atoms with Gasteiger partial charge in [-0.25, -0.2) is 8.42 Å². The van der Waals surface area contributed by atoms with Crippen LogP contribution in [0.2, 0.25) is 0 Å². The third kappa shape index (κ3) is 4.65. The summed E-state index contributed by atoms with van der Waals surface area (Å²) in [6.45, 7) is 6.07. The van der Waals surface area contributed by atoms with Crippen LogP contribution in [0.5, 0.6) is 0 Å². The van der Waals surface area contributed by atoms with Crippen molar-refractivity contribution in [2.24, 2.45) is 0 Å². The van der Waals surface area contributed by atoms with Gasteiger partial charge in [-0.1, -0.05) is 29.8 Å². The summed E-state index contributed by atoms with van der Waals surface area (Å²) < 4.78 is 26.5. The topological polar surface area (TPSA) is 83.6 Å². The van der Waals surface area contributed by atoms with Crippen LogP contribution in [-0.2, 0) is 25.8 Å². The van der Waals surface area contributed by atoms with Gasteiger partial charge in [-0.3, -0.25) is 9.59 Å². The average molecular weight is 445 g/mol. The Balaban J connectivity index is 2.30. The lowest BCUT2D eigenvalue weighted by Crippen LogP contribution is -2.33. The molecule has 0 bridgehead atoms. The minimum absolute atomic E-state index is 0.0120. The SMILES string of the molecule is CCC(=O)N1CCc2cc(Br)cc(S(=O)(=O)CCC(=O)NC(C)CC)c21. The largest absolute Gasteiger partial charge is 0.354 e. The number of carbonyl (C=O) groups excluding carboxylic acids is 2. The van der Waals surface area contributed by atoms with Gasteiger partial charge in [0.25, 0.3) is 0 Å². The van der Waals surface area contributed by atoms with Gasteiger partial charge in [0.2, 0.25) is 11.8 Å². The van der Waals surface area contributed by atoms with Crippen molar-refractivity contribution in [3.05, 3.63) is 22.2 Å². The Kier molecular flexibility index (Phi) is 6.85. The maximum atomic E-state index is 12.9. The van der Waals surface area contributed by atoms with Crippen LogP contribution in [0.15, 0.2) is 21.5 Å². The number of nitrogens with zero attached hydrogens (tertiary/aromatic N) is 1. The highest BCUT2D eigenvalue weighted by atomic mass is 79.9. The molecule has 1 N–H and O–H groups in total. The molecule has 2 rings (SSSR count). The van der Waals surface area contributed by atoms with Crippen LogP contribution in [0.1, 0.15) is 45.6 Å². The van der Waals surface area contributed by atoms with E-state index in [4.69, 9.17) is 0 Å². The van der Waals surface area contributed by atoms with Gasteiger partial charge >= 0.3 is 0 Å². The van der Waals surface area contributed by atoms with Gasteiger partial charge in [-0.05, 0) is 37.5 Å². The molecule has 1 aliphatic rings. The Bertz CT molecular complexity index is 808. The van der Waals surface area contributed by atoms with Crippen molar-refractivity contribution in [1.29, 1.82) is 0 Å². The maximum Gasteiger partial charge on any atom is 0.226 e. The molecule has 1 atom stereocenters. The zero-order valence-electron chi connectivity index (χ0n) is 15.3. The van der Waals surface area contributed by atoms with E-state index in [1.54, 1.807) is 11.8 Å². The van der Waals surface area contributed by atoms with E-state index < -0.39 is 9.84 Å². The number of fused-ring (bicyclic) bond motifs is 1. The van der Waals surface area contributed by atoms with E-state index in [0.717, 1.165) is 12.0 Å². The molecule has 1 unspecified atom stereocenters. The van der Waals surface area contributed by atoms with E-state index in [2.05, 4.69) is 21.2 Å². The van der Waals surface area contributed by atoms with E-state index in [9.17, 15) is 18.0 Å². The molecule has 8 heteroatoms. The summed E-state index contributed by atoms with van der Waals surface area (Å²) >= 11 is 3.36. The van der Waals surface area contributed by atoms with Crippen LogP contribution in [0, 0.1) is 0 Å². The highest BCUT2D eigenvalue weighted by molar-refractivity contribution is 9.10. The first-order valence-electron chi connectivity index (χ1n) is 8.84. The monoisotopic (exact) mass is 444 g/mol. The number of sulfone groups is 1. The molecule has 0 radical (unpaired) electrons. The zero-order chi connectivity index (χ0) is 19.5. The van der Waals surface area contributed by atoms with Gasteiger partial charge in [0, 0.05) is 29.9 Å². The molecule has 0 saturated carbocycles. The number of anilines is 1. The van der Waals surface area contributed by atoms with Crippen LogP contribution >= 0.6 is 15.9 Å². The molecule has 0 spiro atoms. The summed E-state index contributed by atoms with van der Waals surface area (Å²) in [4.78, 5) is 25.8. The standard InChI is InChI=1S/C18H25BrN2O4S/c1-4-12(3)20-16(22)7-9-26(24,25)15-11-14(19)10-13-6-8-21(18(13)15)17(23)5-2/h10-12H,4-9H2,1-3H3,(H,20,22). The quantitative estimate of drug-likeness (QED) is 0.700. The summed E-state index contributed by atoms with van der Waals surface area (Å²) in [6, 6.07) is 3.40. The number of rotatable bonds is 7. The normalized spacial score (nSPS) is 14.8. The second kappa shape index (κ2) is 8.52. The summed E-state index contributed by atoms with van der Waals surface area (Å²) in [7, 11) is -3.70. The summed E-state index contributed by atoms with van der Waals surface area (Å²) in [5.74, 6) is -0.667. The van der Waals surface area contributed by atoms with Gasteiger partial charge in [-0.15, -0.1) is 0 Å². The van der Waals surface area contributed by atoms with Crippen molar-refractivity contribution in [2.45, 2.75) is 57.4 Å². The van der Waals surface area contributed by atoms with Gasteiger partial charge in [0.15, 0.2) is 9.84 Å². The van der Waals surface area contributed by atoms with Crippen molar-refractivity contribution in [3.63, 3.8) is 0 Å². The summed E-state index contributed by atoms with van der Waals surface area (Å²) in [5, 5.41) is 2.78. The first-order chi connectivity index (χ1) is 12.2. The molecule has 0 saturated heterocycles. The predicted molar refractivity (Wildman–Crippen MR) is 105 cm³/mol. The van der Waals surface area contributed by atoms with E-state index in [1.807, 2.05) is 19.9 Å². The smallest absolute Gasteiger partial charge is 0.226 e. The molecule has 0 aliphatic carbocycles. The maximum absolute atomic E-state index is 12.9. The molecule has 0 aromatic heterocycles. The first kappa shape index (κ1) is 20.9. The van der Waals surface area contributed by atoms with Crippen LogP contribution in [0.25, 0.3) is 0 Å². The highest BCUT2D eigenvalue weighted by Gasteiger charge is 2.32. The molecule has 1 heterocycles. The lowest BCUT2D eigenvalue weighted by atomic mass is 10.2. The molecule has 1 aliphatic heterocycles. The van der Waals surface area contributed by atoms with E-state index in [0.29, 0.717) is 29.5 Å². The van der Waals surface area contributed by atoms with Crippen LogP contribution in [-0.4, -0.2) is 38.6 Å². The molecule has 1 aromatic rings. The number of hydrogen-bond donors (Lipinski definition) is 1. The molecule has 0 fully saturated rings. The Morgan fingerprint density at radius 3 is 2.62 bits per heavy atom. The minimum atomic E-state index is -3.70. The Morgan fingerprint density at radius 1 is 1.31 bits per heavy atom. The third-order valence-electron chi connectivity index (χ3n) is 4.55. The average Bonchev–Trinajstić information content (AvgIpc) is 3.02. The summed E-state index contributed by atoms with van der Waals surface area (Å²) in [6.07, 6.45) is 1.62. The second-order valence-corrected chi connectivity index (χ2v) is 9.50. The van der Waals surface area contributed by atoms with Gasteiger partial charge < -0.3 is 10.2 Å². The van der Waals surface area contributed by atoms with Crippen LogP contribution in [0.4, 0.5) is 5.69 Å². The fourth-order valence-corrected chi connectivity index (χ4v) is 5.11. The lowest BCUT2D eigenvalue weighted by molar-refractivity contribution is -0.121. The summed E-state index contributed by atoms with van der Waals surface area (Å²) in [5.41, 5.74) is 1.31. The Labute approximate surface area is 163 Å². The molecule has 2 amide bonds. The third-order valence-corrected chi connectivity index (χ3v) is 6.73. The van der Waals surface area contributed by atoms with Crippen molar-refractivity contribution in [1.82, 2.24) is 5.32 Å². The van der Waals surface area contributed by atoms with E-state index >= 15 is 0 Å². The number of benzene rings is 1. The number of halogens is 1. The Morgan fingerprint density at radius 2 is 2.00 bits per heavy atom. The zero-order valence-corrected chi connectivity index (χ0v) is 17.7. The van der Waals surface area contributed by atoms with Crippen molar-refractivity contribution >= 4 is 43.3 Å². The van der Waals surface area contributed by atoms with Crippen LogP contribution < -0.4 is 10.2 Å². The highest BCUT2D eigenvalue weighted by Crippen LogP contribution is 2.38. The van der Waals surface area contributed by atoms with Crippen LogP contribution in [0.3, 0.4) is 0 Å². The first-order valence-corrected chi connectivity index (χ1v) is 11.3. The van der Waals surface area contributed by atoms with Gasteiger partial charge in [-0.2, -0.15) is 0 Å². The van der Waals surface area contributed by atoms with Crippen molar-refractivity contribution < 1.29 is 18.0 Å². The lowest BCUT2D eigenvalue weighted by Gasteiger charge is -2.20. The molecule has 26 heavy (non-hydrogen) atoms. The second-order valence-electron chi connectivity index (χ2n) is 6.51. The Hall–Kier alpha value is -1.41. The van der Waals surface area contributed by atoms with E-state index in [1.165, 1.54) is 6.07 Å². The number of nitrogens with one attached hydrogen (secondary N) is 1. The number of amides is 2. The number of hydrogen-bond acceptors (Lipinski definition) is 4. The molecular formula is C18H25BrN2O4S. The fraction of sp³-hybridized carbons (Fsp3) is 0.556. The molecule has 1 aromatic carbocycles.